The summed E-state index contributed by atoms with van der Waals surface area (Å²) < 4.78 is 32.9. The van der Waals surface area contributed by atoms with E-state index in [9.17, 15) is 27.9 Å². The van der Waals surface area contributed by atoms with Gasteiger partial charge in [-0.25, -0.2) is 18.0 Å². The van der Waals surface area contributed by atoms with Crippen molar-refractivity contribution in [3.05, 3.63) is 114 Å². The Bertz CT molecular complexity index is 1690. The van der Waals surface area contributed by atoms with Gasteiger partial charge in [-0.2, -0.15) is 4.72 Å². The van der Waals surface area contributed by atoms with Crippen LogP contribution in [0, 0.1) is 0 Å². The van der Waals surface area contributed by atoms with Gasteiger partial charge in [0.2, 0.25) is 10.0 Å². The predicted molar refractivity (Wildman–Crippen MR) is 160 cm³/mol. The molecule has 0 bridgehead atoms. The molecule has 0 saturated carbocycles. The van der Waals surface area contributed by atoms with Crippen LogP contribution >= 0.6 is 0 Å². The van der Waals surface area contributed by atoms with Crippen molar-refractivity contribution in [1.82, 2.24) is 15.0 Å². The van der Waals surface area contributed by atoms with Crippen LogP contribution in [-0.2, 0) is 32.4 Å². The van der Waals surface area contributed by atoms with Crippen molar-refractivity contribution in [2.75, 3.05) is 19.0 Å². The Morgan fingerprint density at radius 3 is 2.35 bits per heavy atom. The van der Waals surface area contributed by atoms with Gasteiger partial charge in [-0.15, -0.1) is 0 Å². The molecule has 4 N–H and O–H groups in total. The number of esters is 1. The van der Waals surface area contributed by atoms with Gasteiger partial charge in [-0.1, -0.05) is 54.6 Å². The van der Waals surface area contributed by atoms with Crippen molar-refractivity contribution in [1.29, 1.82) is 0 Å². The molecule has 43 heavy (non-hydrogen) atoms. The minimum atomic E-state index is -4.37. The molecule has 1 heterocycles. The van der Waals surface area contributed by atoms with Crippen LogP contribution in [0.2, 0.25) is 0 Å². The Kier molecular flexibility index (Phi) is 10.2. The summed E-state index contributed by atoms with van der Waals surface area (Å²) in [6.45, 7) is 0.426. The number of hydrogen-bond donors (Lipinski definition) is 4. The maximum atomic E-state index is 13.0. The molecule has 0 saturated heterocycles. The van der Waals surface area contributed by atoms with E-state index in [0.717, 1.165) is 23.9 Å². The number of pyridine rings is 1. The fourth-order valence-corrected chi connectivity index (χ4v) is 5.66. The second kappa shape index (κ2) is 14.2. The Labute approximate surface area is 249 Å². The molecule has 0 aliphatic carbocycles. The molecule has 0 aliphatic rings. The molecule has 11 nitrogen and oxygen atoms in total. The first-order chi connectivity index (χ1) is 20.7. The van der Waals surface area contributed by atoms with Crippen LogP contribution in [-0.4, -0.2) is 56.2 Å². The summed E-state index contributed by atoms with van der Waals surface area (Å²) in [6, 6.07) is 23.4. The fraction of sp³-hybridized carbons (Fsp3) is 0.161. The Balaban J connectivity index is 1.40. The Hall–Kier alpha value is -5.07. The number of carboxylic acids is 1. The van der Waals surface area contributed by atoms with E-state index in [0.29, 0.717) is 24.2 Å². The zero-order valence-electron chi connectivity index (χ0n) is 23.2. The number of hydrogen-bond acceptors (Lipinski definition) is 7. The smallest absolute Gasteiger partial charge is 0.339 e. The number of ether oxygens (including phenoxy) is 1. The topological polar surface area (TPSA) is 164 Å². The molecule has 1 unspecified atom stereocenters. The lowest BCUT2D eigenvalue weighted by atomic mass is 10.0. The number of carbonyl (C=O) groups excluding carboxylic acids is 2. The molecule has 2 amide bonds. The molecule has 1 atom stereocenters. The van der Waals surface area contributed by atoms with Crippen LogP contribution in [0.25, 0.3) is 11.1 Å². The van der Waals surface area contributed by atoms with E-state index < -0.39 is 28.0 Å². The zero-order chi connectivity index (χ0) is 30.8. The average Bonchev–Trinajstić information content (AvgIpc) is 3.01. The lowest BCUT2D eigenvalue weighted by molar-refractivity contribution is -0.138. The van der Waals surface area contributed by atoms with Crippen molar-refractivity contribution < 1.29 is 32.6 Å². The molecule has 0 spiro atoms. The molecule has 0 aliphatic heterocycles. The van der Waals surface area contributed by atoms with Crippen molar-refractivity contribution >= 4 is 33.7 Å². The number of carbonyl (C=O) groups is 3. The van der Waals surface area contributed by atoms with E-state index in [-0.39, 0.29) is 22.9 Å². The van der Waals surface area contributed by atoms with Crippen molar-refractivity contribution in [2.45, 2.75) is 23.8 Å². The number of sulfonamides is 1. The standard InChI is InChI=1S/C31H30N4O7S/c1-42-30(38)26-10-2-3-11-28(26)43(40,41)35-27(29(36)37)19-21-12-14-22(15-13-21)23-7-6-9-25(20-23)34-31(39)33-18-16-24-8-4-5-17-32-24/h2-15,17,20,27,35H,16,18-19H2,1H3,(H,36,37)(H2,33,34,39). The summed E-state index contributed by atoms with van der Waals surface area (Å²) in [5.41, 5.74) is 3.45. The number of benzene rings is 3. The van der Waals surface area contributed by atoms with Crippen LogP contribution < -0.4 is 15.4 Å². The first-order valence-corrected chi connectivity index (χ1v) is 14.7. The van der Waals surface area contributed by atoms with Crippen molar-refractivity contribution in [3.63, 3.8) is 0 Å². The highest BCUT2D eigenvalue weighted by atomic mass is 32.2. The minimum Gasteiger partial charge on any atom is -0.480 e. The van der Waals surface area contributed by atoms with Crippen molar-refractivity contribution in [3.8, 4) is 11.1 Å². The number of carboxylic acid groups (broad SMARTS) is 1. The molecular weight excluding hydrogens is 572 g/mol. The monoisotopic (exact) mass is 602 g/mol. The first kappa shape index (κ1) is 30.9. The summed E-state index contributed by atoms with van der Waals surface area (Å²) in [5.74, 6) is -2.23. The Morgan fingerprint density at radius 2 is 1.65 bits per heavy atom. The summed E-state index contributed by atoms with van der Waals surface area (Å²) in [7, 11) is -3.25. The maximum Gasteiger partial charge on any atom is 0.339 e. The SMILES string of the molecule is COC(=O)c1ccccc1S(=O)(=O)NC(Cc1ccc(-c2cccc(NC(=O)NCCc3ccccn3)c2)cc1)C(=O)O. The average molecular weight is 603 g/mol. The number of urea groups is 1. The van der Waals surface area contributed by atoms with Crippen LogP contribution in [0.4, 0.5) is 10.5 Å². The van der Waals surface area contributed by atoms with Crippen LogP contribution in [0.5, 0.6) is 0 Å². The summed E-state index contributed by atoms with van der Waals surface area (Å²) in [5, 5.41) is 15.4. The number of rotatable bonds is 12. The quantitative estimate of drug-likeness (QED) is 0.178. The van der Waals surface area contributed by atoms with Gasteiger partial charge in [0.05, 0.1) is 17.6 Å². The van der Waals surface area contributed by atoms with Gasteiger partial charge < -0.3 is 20.5 Å². The lowest BCUT2D eigenvalue weighted by Crippen LogP contribution is -2.42. The van der Waals surface area contributed by atoms with Gasteiger partial charge in [0, 0.05) is 30.5 Å². The van der Waals surface area contributed by atoms with E-state index in [4.69, 9.17) is 0 Å². The van der Waals surface area contributed by atoms with Gasteiger partial charge >= 0.3 is 18.0 Å². The van der Waals surface area contributed by atoms with Gasteiger partial charge in [0.1, 0.15) is 6.04 Å². The highest BCUT2D eigenvalue weighted by Crippen LogP contribution is 2.24. The molecule has 1 aromatic heterocycles. The molecule has 222 valence electrons. The van der Waals surface area contributed by atoms with E-state index in [1.807, 2.05) is 24.3 Å². The van der Waals surface area contributed by atoms with Crippen LogP contribution in [0.1, 0.15) is 21.6 Å². The third kappa shape index (κ3) is 8.47. The third-order valence-corrected chi connectivity index (χ3v) is 7.95. The second-order valence-electron chi connectivity index (χ2n) is 9.43. The summed E-state index contributed by atoms with van der Waals surface area (Å²) >= 11 is 0. The predicted octanol–water partition coefficient (Wildman–Crippen LogP) is 3.87. The molecule has 3 aromatic carbocycles. The molecule has 0 radical (unpaired) electrons. The highest BCUT2D eigenvalue weighted by molar-refractivity contribution is 7.89. The van der Waals surface area contributed by atoms with E-state index in [2.05, 4.69) is 25.1 Å². The van der Waals surface area contributed by atoms with E-state index in [1.54, 1.807) is 48.7 Å². The number of methoxy groups -OCH3 is 1. The number of aromatic nitrogens is 1. The van der Waals surface area contributed by atoms with Gasteiger partial charge in [0.15, 0.2) is 0 Å². The number of amides is 2. The van der Waals surface area contributed by atoms with Crippen molar-refractivity contribution in [2.24, 2.45) is 0 Å². The van der Waals surface area contributed by atoms with Crippen LogP contribution in [0.15, 0.2) is 102 Å². The molecule has 12 heteroatoms. The number of nitrogens with one attached hydrogen (secondary N) is 3. The Morgan fingerprint density at radius 1 is 0.907 bits per heavy atom. The summed E-state index contributed by atoms with van der Waals surface area (Å²) in [6.07, 6.45) is 2.16. The molecule has 4 aromatic rings. The molecule has 0 fully saturated rings. The van der Waals surface area contributed by atoms with Gasteiger partial charge in [0.25, 0.3) is 0 Å². The largest absolute Gasteiger partial charge is 0.480 e. The second-order valence-corrected chi connectivity index (χ2v) is 11.1. The molecular formula is C31H30N4O7S. The zero-order valence-corrected chi connectivity index (χ0v) is 24.0. The normalized spacial score (nSPS) is 11.7. The number of anilines is 1. The van der Waals surface area contributed by atoms with E-state index >= 15 is 0 Å². The van der Waals surface area contributed by atoms with Gasteiger partial charge in [-0.05, 0) is 59.5 Å². The van der Waals surface area contributed by atoms with Crippen LogP contribution in [0.3, 0.4) is 0 Å². The highest BCUT2D eigenvalue weighted by Gasteiger charge is 2.29. The number of nitrogens with zero attached hydrogens (tertiary/aromatic N) is 1. The number of aliphatic carboxylic acids is 1. The van der Waals surface area contributed by atoms with E-state index in [1.165, 1.54) is 24.3 Å². The molecule has 4 rings (SSSR count). The van der Waals surface area contributed by atoms with Gasteiger partial charge in [-0.3, -0.25) is 9.78 Å². The fourth-order valence-electron chi connectivity index (χ4n) is 4.28. The third-order valence-electron chi connectivity index (χ3n) is 6.42. The lowest BCUT2D eigenvalue weighted by Gasteiger charge is -2.16. The summed E-state index contributed by atoms with van der Waals surface area (Å²) in [4.78, 5) is 40.2. The first-order valence-electron chi connectivity index (χ1n) is 13.2. The minimum absolute atomic E-state index is 0.143. The maximum absolute atomic E-state index is 13.0.